The highest BCUT2D eigenvalue weighted by molar-refractivity contribution is 5.96. The summed E-state index contributed by atoms with van der Waals surface area (Å²) < 4.78 is 5.44. The van der Waals surface area contributed by atoms with Crippen molar-refractivity contribution in [1.29, 1.82) is 0 Å². The maximum atomic E-state index is 13.5. The fourth-order valence-electron chi connectivity index (χ4n) is 4.66. The predicted octanol–water partition coefficient (Wildman–Crippen LogP) is 2.50. The van der Waals surface area contributed by atoms with Gasteiger partial charge in [-0.1, -0.05) is 18.2 Å². The Morgan fingerprint density at radius 2 is 1.71 bits per heavy atom. The number of carbonyl (C=O) groups is 3. The number of hydrogen-bond donors (Lipinski definition) is 2. The minimum atomic E-state index is -0.773. The monoisotopic (exact) mass is 465 g/mol. The van der Waals surface area contributed by atoms with Gasteiger partial charge in [0.25, 0.3) is 5.91 Å². The predicted molar refractivity (Wildman–Crippen MR) is 130 cm³/mol. The summed E-state index contributed by atoms with van der Waals surface area (Å²) in [7, 11) is 1.56. The Bertz CT molecular complexity index is 1020. The van der Waals surface area contributed by atoms with E-state index in [4.69, 9.17) is 4.74 Å². The van der Waals surface area contributed by atoms with Crippen LogP contribution >= 0.6 is 0 Å². The number of para-hydroxylation sites is 1. The Balaban J connectivity index is 1.46. The maximum Gasteiger partial charge on any atom is 0.321 e. The van der Waals surface area contributed by atoms with Crippen LogP contribution in [-0.4, -0.2) is 73.1 Å². The number of piperidine rings is 1. The third-order valence-corrected chi connectivity index (χ3v) is 6.49. The maximum absolute atomic E-state index is 13.5. The van der Waals surface area contributed by atoms with Gasteiger partial charge in [-0.15, -0.1) is 0 Å². The zero-order valence-electron chi connectivity index (χ0n) is 19.6. The molecule has 2 aromatic carbocycles. The van der Waals surface area contributed by atoms with Gasteiger partial charge in [0.1, 0.15) is 17.8 Å². The van der Waals surface area contributed by atoms with E-state index in [-0.39, 0.29) is 24.4 Å². The summed E-state index contributed by atoms with van der Waals surface area (Å²) >= 11 is 0. The number of amides is 4. The molecule has 2 aliphatic heterocycles. The number of carbonyl (C=O) groups excluding carboxylic acids is 3. The van der Waals surface area contributed by atoms with Gasteiger partial charge in [0.05, 0.1) is 13.3 Å². The van der Waals surface area contributed by atoms with E-state index in [1.54, 1.807) is 16.8 Å². The second kappa shape index (κ2) is 10.0. The van der Waals surface area contributed by atoms with E-state index in [9.17, 15) is 14.4 Å². The van der Waals surface area contributed by atoms with Crippen molar-refractivity contribution in [3.63, 3.8) is 0 Å². The number of likely N-dealkylation sites (tertiary alicyclic amines) is 1. The zero-order valence-corrected chi connectivity index (χ0v) is 19.6. The highest BCUT2D eigenvalue weighted by atomic mass is 16.5. The third kappa shape index (κ3) is 4.64. The van der Waals surface area contributed by atoms with Crippen LogP contribution in [0.3, 0.4) is 0 Å². The summed E-state index contributed by atoms with van der Waals surface area (Å²) in [6.45, 7) is 3.74. The number of likely N-dealkylation sites (N-methyl/N-ethyl adjacent to an activating group) is 1. The van der Waals surface area contributed by atoms with Crippen LogP contribution < -0.4 is 20.3 Å². The molecule has 2 heterocycles. The number of anilines is 2. The molecule has 2 fully saturated rings. The van der Waals surface area contributed by atoms with E-state index in [2.05, 4.69) is 15.5 Å². The van der Waals surface area contributed by atoms with Crippen molar-refractivity contribution in [2.75, 3.05) is 50.2 Å². The van der Waals surface area contributed by atoms with E-state index in [1.165, 1.54) is 0 Å². The lowest BCUT2D eigenvalue weighted by Crippen LogP contribution is -2.58. The molecule has 2 aromatic rings. The first-order chi connectivity index (χ1) is 16.5. The van der Waals surface area contributed by atoms with Crippen molar-refractivity contribution in [1.82, 2.24) is 15.1 Å². The molecule has 2 aliphatic rings. The molecule has 4 rings (SSSR count). The molecular formula is C25H31N5O4. The second-order valence-electron chi connectivity index (χ2n) is 8.49. The first-order valence-corrected chi connectivity index (χ1v) is 11.6. The molecule has 9 heteroatoms. The van der Waals surface area contributed by atoms with Gasteiger partial charge in [-0.05, 0) is 56.2 Å². The minimum Gasteiger partial charge on any atom is -0.494 e. The van der Waals surface area contributed by atoms with Gasteiger partial charge in [-0.2, -0.15) is 0 Å². The van der Waals surface area contributed by atoms with Crippen molar-refractivity contribution < 1.29 is 19.1 Å². The third-order valence-electron chi connectivity index (χ3n) is 6.49. The molecule has 0 atom stereocenters. The summed E-state index contributed by atoms with van der Waals surface area (Å²) in [5, 5.41) is 5.52. The molecule has 1 spiro atoms. The number of benzene rings is 2. The lowest BCUT2D eigenvalue weighted by molar-refractivity contribution is -0.137. The molecule has 0 saturated carbocycles. The summed E-state index contributed by atoms with van der Waals surface area (Å²) in [5.74, 6) is 0.486. The standard InChI is InChI=1S/C25H31N5O4/c1-3-34-21-11-9-19(10-12-21)27-24(33)28-15-13-25(14-16-28)23(32)29(17-22(31)26-2)18-30(25)20-7-5-4-6-8-20/h4-12H,3,13-18H2,1-2H3,(H,26,31)(H,27,33). The normalized spacial score (nSPS) is 17.1. The first kappa shape index (κ1) is 23.4. The number of ether oxygens (including phenoxy) is 1. The van der Waals surface area contributed by atoms with Crippen LogP contribution in [0, 0.1) is 0 Å². The van der Waals surface area contributed by atoms with Gasteiger partial charge in [0.15, 0.2) is 0 Å². The van der Waals surface area contributed by atoms with E-state index >= 15 is 0 Å². The smallest absolute Gasteiger partial charge is 0.321 e. The topological polar surface area (TPSA) is 94.2 Å². The molecule has 0 radical (unpaired) electrons. The van der Waals surface area contributed by atoms with Gasteiger partial charge < -0.3 is 30.1 Å². The Hall–Kier alpha value is -3.75. The summed E-state index contributed by atoms with van der Waals surface area (Å²) in [4.78, 5) is 43.9. The van der Waals surface area contributed by atoms with Crippen LogP contribution in [0.1, 0.15) is 19.8 Å². The van der Waals surface area contributed by atoms with Crippen LogP contribution in [0.25, 0.3) is 0 Å². The highest BCUT2D eigenvalue weighted by Crippen LogP contribution is 2.39. The minimum absolute atomic E-state index is 0.0162. The van der Waals surface area contributed by atoms with Crippen molar-refractivity contribution in [3.8, 4) is 5.75 Å². The lowest BCUT2D eigenvalue weighted by Gasteiger charge is -2.43. The van der Waals surface area contributed by atoms with Gasteiger partial charge in [-0.25, -0.2) is 4.79 Å². The average Bonchev–Trinajstić information content (AvgIpc) is 3.12. The van der Waals surface area contributed by atoms with Crippen LogP contribution in [-0.2, 0) is 9.59 Å². The van der Waals surface area contributed by atoms with Crippen molar-refractivity contribution >= 4 is 29.2 Å². The van der Waals surface area contributed by atoms with Gasteiger partial charge in [0.2, 0.25) is 5.91 Å². The van der Waals surface area contributed by atoms with Crippen LogP contribution in [0.5, 0.6) is 5.75 Å². The first-order valence-electron chi connectivity index (χ1n) is 11.6. The molecule has 4 amide bonds. The zero-order chi connectivity index (χ0) is 24.1. The van der Waals surface area contributed by atoms with Crippen LogP contribution in [0.2, 0.25) is 0 Å². The number of nitrogens with zero attached hydrogens (tertiary/aromatic N) is 3. The van der Waals surface area contributed by atoms with Gasteiger partial charge in [0, 0.05) is 31.5 Å². The van der Waals surface area contributed by atoms with Gasteiger partial charge >= 0.3 is 6.03 Å². The van der Waals surface area contributed by atoms with E-state index in [1.807, 2.05) is 61.5 Å². The molecule has 34 heavy (non-hydrogen) atoms. The SMILES string of the molecule is CCOc1ccc(NC(=O)N2CCC3(CC2)C(=O)N(CC(=O)NC)CN3c2ccccc2)cc1. The van der Waals surface area contributed by atoms with Crippen molar-refractivity contribution in [2.45, 2.75) is 25.3 Å². The Labute approximate surface area is 199 Å². The number of rotatable bonds is 6. The Morgan fingerprint density at radius 3 is 2.32 bits per heavy atom. The largest absolute Gasteiger partial charge is 0.494 e. The summed E-state index contributed by atoms with van der Waals surface area (Å²) in [6, 6.07) is 16.8. The van der Waals surface area contributed by atoms with Gasteiger partial charge in [-0.3, -0.25) is 9.59 Å². The fourth-order valence-corrected chi connectivity index (χ4v) is 4.66. The fraction of sp³-hybridized carbons (Fsp3) is 0.400. The Morgan fingerprint density at radius 1 is 1.03 bits per heavy atom. The molecule has 180 valence electrons. The number of nitrogens with one attached hydrogen (secondary N) is 2. The molecule has 0 aromatic heterocycles. The van der Waals surface area contributed by atoms with Crippen LogP contribution in [0.15, 0.2) is 54.6 Å². The van der Waals surface area contributed by atoms with E-state index in [0.717, 1.165) is 11.4 Å². The average molecular weight is 466 g/mol. The highest BCUT2D eigenvalue weighted by Gasteiger charge is 2.54. The molecular weight excluding hydrogens is 434 g/mol. The molecule has 0 aliphatic carbocycles. The molecule has 0 unspecified atom stereocenters. The molecule has 2 N–H and O–H groups in total. The quantitative estimate of drug-likeness (QED) is 0.684. The number of hydrogen-bond acceptors (Lipinski definition) is 5. The summed E-state index contributed by atoms with van der Waals surface area (Å²) in [6.07, 6.45) is 0.976. The second-order valence-corrected chi connectivity index (χ2v) is 8.49. The molecule has 2 saturated heterocycles. The molecule has 9 nitrogen and oxygen atoms in total. The Kier molecular flexibility index (Phi) is 6.90. The van der Waals surface area contributed by atoms with E-state index in [0.29, 0.717) is 44.9 Å². The van der Waals surface area contributed by atoms with E-state index < -0.39 is 5.54 Å². The van der Waals surface area contributed by atoms with Crippen LogP contribution in [0.4, 0.5) is 16.2 Å². The molecule has 0 bridgehead atoms. The lowest BCUT2D eigenvalue weighted by atomic mass is 9.85. The van der Waals surface area contributed by atoms with Crippen molar-refractivity contribution in [3.05, 3.63) is 54.6 Å². The number of urea groups is 1. The van der Waals surface area contributed by atoms with Crippen molar-refractivity contribution in [2.24, 2.45) is 0 Å². The summed E-state index contributed by atoms with van der Waals surface area (Å²) in [5.41, 5.74) is 0.849.